The van der Waals surface area contributed by atoms with E-state index in [1.54, 1.807) is 0 Å². The third-order valence-electron chi connectivity index (χ3n) is 5.69. The summed E-state index contributed by atoms with van der Waals surface area (Å²) in [6, 6.07) is -0.381. The summed E-state index contributed by atoms with van der Waals surface area (Å²) in [6.07, 6.45) is 0.0624. The molecule has 6 nitrogen and oxygen atoms in total. The molecule has 0 aliphatic carbocycles. The van der Waals surface area contributed by atoms with Gasteiger partial charge in [0.25, 0.3) is 0 Å². The number of piperazine rings is 1. The highest BCUT2D eigenvalue weighted by atomic mass is 16.7. The Morgan fingerprint density at radius 2 is 1.76 bits per heavy atom. The summed E-state index contributed by atoms with van der Waals surface area (Å²) in [6.45, 7) is 8.92. The van der Waals surface area contributed by atoms with E-state index in [4.69, 9.17) is 4.74 Å². The highest BCUT2D eigenvalue weighted by molar-refractivity contribution is 4.87. The molecule has 6 heteroatoms. The highest BCUT2D eigenvalue weighted by Gasteiger charge is 2.73. The molecule has 0 bridgehead atoms. The third kappa shape index (κ3) is 2.08. The van der Waals surface area contributed by atoms with Gasteiger partial charge in [0, 0.05) is 18.8 Å². The monoisotopic (exact) mass is 302 g/mol. The first kappa shape index (κ1) is 15.6. The molecule has 3 rings (SSSR count). The lowest BCUT2D eigenvalue weighted by atomic mass is 9.92. The molecule has 3 aliphatic heterocycles. The Morgan fingerprint density at radius 1 is 1.10 bits per heavy atom. The number of fused-ring (bicyclic) bond motifs is 3. The van der Waals surface area contributed by atoms with Crippen molar-refractivity contribution in [2.45, 2.75) is 77.1 Å². The predicted octanol–water partition coefficient (Wildman–Crippen LogP) is -2.71. The molecule has 5 N–H and O–H groups in total. The Morgan fingerprint density at radius 3 is 2.33 bits per heavy atom. The van der Waals surface area contributed by atoms with Crippen LogP contribution in [0.15, 0.2) is 0 Å². The van der Waals surface area contributed by atoms with E-state index in [1.165, 1.54) is 0 Å². The van der Waals surface area contributed by atoms with E-state index in [9.17, 15) is 15.3 Å². The minimum absolute atomic E-state index is 0.122. The van der Waals surface area contributed by atoms with Gasteiger partial charge in [-0.25, -0.2) is 4.90 Å². The van der Waals surface area contributed by atoms with E-state index in [-0.39, 0.29) is 23.9 Å². The van der Waals surface area contributed by atoms with Crippen LogP contribution in [0.1, 0.15) is 40.5 Å². The van der Waals surface area contributed by atoms with Gasteiger partial charge in [0.05, 0.1) is 6.54 Å². The maximum Gasteiger partial charge on any atom is 0.372 e. The summed E-state index contributed by atoms with van der Waals surface area (Å²) in [7, 11) is 0. The van der Waals surface area contributed by atoms with Crippen LogP contribution in [-0.2, 0) is 4.74 Å². The lowest BCUT2D eigenvalue weighted by Gasteiger charge is -2.48. The van der Waals surface area contributed by atoms with Gasteiger partial charge in [0.1, 0.15) is 6.10 Å². The van der Waals surface area contributed by atoms with E-state index in [0.29, 0.717) is 4.90 Å². The third-order valence-corrected chi connectivity index (χ3v) is 5.69. The lowest BCUT2D eigenvalue weighted by Crippen LogP contribution is -3.40. The van der Waals surface area contributed by atoms with Crippen molar-refractivity contribution in [2.24, 2.45) is 11.8 Å². The predicted molar refractivity (Wildman–Crippen MR) is 75.1 cm³/mol. The second kappa shape index (κ2) is 5.15. The Kier molecular flexibility index (Phi) is 3.83. The van der Waals surface area contributed by atoms with Gasteiger partial charge in [-0.3, -0.25) is 9.64 Å². The molecule has 0 aromatic heterocycles. The molecule has 3 saturated heterocycles. The summed E-state index contributed by atoms with van der Waals surface area (Å²) in [5, 5.41) is 32.8. The maximum atomic E-state index is 11.3. The van der Waals surface area contributed by atoms with Crippen molar-refractivity contribution >= 4 is 0 Å². The number of hydrogen-bond acceptors (Lipinski definition) is 4. The zero-order chi connectivity index (χ0) is 15.5. The number of rotatable bonds is 2. The average molecular weight is 302 g/mol. The molecular formula is C15H30N2O4+2. The molecule has 3 heterocycles. The maximum absolute atomic E-state index is 11.3. The van der Waals surface area contributed by atoms with Gasteiger partial charge in [-0.05, 0) is 5.92 Å². The number of ether oxygens (including phenoxy) is 1. The van der Waals surface area contributed by atoms with Gasteiger partial charge >= 0.3 is 5.91 Å². The van der Waals surface area contributed by atoms with Gasteiger partial charge in [-0.1, -0.05) is 27.7 Å². The van der Waals surface area contributed by atoms with Gasteiger partial charge in [-0.2, -0.15) is 0 Å². The first-order chi connectivity index (χ1) is 9.79. The summed E-state index contributed by atoms with van der Waals surface area (Å²) in [4.78, 5) is 1.65. The molecular weight excluding hydrogens is 272 g/mol. The van der Waals surface area contributed by atoms with Gasteiger partial charge < -0.3 is 15.3 Å². The van der Waals surface area contributed by atoms with Crippen LogP contribution in [0.5, 0.6) is 0 Å². The van der Waals surface area contributed by atoms with Crippen molar-refractivity contribution in [1.29, 1.82) is 0 Å². The van der Waals surface area contributed by atoms with Crippen molar-refractivity contribution in [3.05, 3.63) is 0 Å². The van der Waals surface area contributed by atoms with Crippen LogP contribution in [0, 0.1) is 11.8 Å². The molecule has 8 atom stereocenters. The van der Waals surface area contributed by atoms with Crippen LogP contribution in [0.2, 0.25) is 0 Å². The largest absolute Gasteiger partial charge is 0.372 e. The summed E-state index contributed by atoms with van der Waals surface area (Å²) in [5.41, 5.74) is 0. The van der Waals surface area contributed by atoms with E-state index in [1.807, 2.05) is 27.7 Å². The normalized spacial score (nSPS) is 53.3. The Labute approximate surface area is 126 Å². The molecule has 0 radical (unpaired) electrons. The Hall–Kier alpha value is -0.240. The van der Waals surface area contributed by atoms with Crippen LogP contribution in [0.25, 0.3) is 0 Å². The average Bonchev–Trinajstić information content (AvgIpc) is 2.97. The second-order valence-electron chi connectivity index (χ2n) is 7.66. The minimum atomic E-state index is -1.38. The SMILES string of the molecule is CC(C)[C@@H]1[C@H](O)[NH+]2CCC[C@@H]2[C@@]2(O)O[C@@H](C(C)C)[C@@H](O)[NH+]12. The van der Waals surface area contributed by atoms with Crippen molar-refractivity contribution in [3.8, 4) is 0 Å². The Balaban J connectivity index is 2.03. The number of nitrogens with one attached hydrogen (secondary N) is 2. The quantitative estimate of drug-likeness (QED) is 0.384. The van der Waals surface area contributed by atoms with E-state index >= 15 is 0 Å². The number of hydrogen-bond donors (Lipinski definition) is 5. The smallest absolute Gasteiger partial charge is 0.343 e. The standard InChI is InChI=1S/C15H28N2O4/c1-8(2)11-13(18)16-7-5-6-10(16)15(20)17(11)14(19)12(21-15)9(3)4/h8-14,18-20H,5-7H2,1-4H3/p+2/t10-,11-,12+,13+,14-,15-/m1/s1. The molecule has 122 valence electrons. The Bertz CT molecular complexity index is 405. The van der Waals surface area contributed by atoms with Gasteiger partial charge in [0.2, 0.25) is 18.5 Å². The van der Waals surface area contributed by atoms with Gasteiger partial charge in [-0.15, -0.1) is 0 Å². The van der Waals surface area contributed by atoms with Crippen LogP contribution in [-0.4, -0.2) is 58.4 Å². The molecule has 2 unspecified atom stereocenters. The molecule has 21 heavy (non-hydrogen) atoms. The molecule has 0 aromatic rings. The fraction of sp³-hybridized carbons (Fsp3) is 1.00. The van der Waals surface area contributed by atoms with E-state index in [0.717, 1.165) is 24.3 Å². The molecule has 0 amide bonds. The zero-order valence-corrected chi connectivity index (χ0v) is 13.4. The second-order valence-corrected chi connectivity index (χ2v) is 7.66. The molecule has 3 fully saturated rings. The topological polar surface area (TPSA) is 78.8 Å². The zero-order valence-electron chi connectivity index (χ0n) is 13.4. The molecule has 0 saturated carbocycles. The van der Waals surface area contributed by atoms with Crippen molar-refractivity contribution in [3.63, 3.8) is 0 Å². The van der Waals surface area contributed by atoms with E-state index < -0.39 is 24.5 Å². The summed E-state index contributed by atoms with van der Waals surface area (Å²) < 4.78 is 6.01. The lowest BCUT2D eigenvalue weighted by molar-refractivity contribution is -1.14. The van der Waals surface area contributed by atoms with Crippen LogP contribution in [0.3, 0.4) is 0 Å². The van der Waals surface area contributed by atoms with Crippen molar-refractivity contribution < 1.29 is 29.9 Å². The highest BCUT2D eigenvalue weighted by Crippen LogP contribution is 2.28. The van der Waals surface area contributed by atoms with E-state index in [2.05, 4.69) is 0 Å². The van der Waals surface area contributed by atoms with Gasteiger partial charge in [0.15, 0.2) is 6.04 Å². The molecule has 3 aliphatic rings. The van der Waals surface area contributed by atoms with Crippen LogP contribution in [0.4, 0.5) is 0 Å². The molecule has 0 aromatic carbocycles. The number of aliphatic hydroxyl groups is 3. The minimum Gasteiger partial charge on any atom is -0.343 e. The number of quaternary nitrogens is 2. The first-order valence-electron chi connectivity index (χ1n) is 8.28. The van der Waals surface area contributed by atoms with Crippen molar-refractivity contribution in [1.82, 2.24) is 0 Å². The fourth-order valence-corrected chi connectivity index (χ4v) is 4.74. The number of aliphatic hydroxyl groups excluding tert-OH is 2. The van der Waals surface area contributed by atoms with Crippen LogP contribution < -0.4 is 9.80 Å². The van der Waals surface area contributed by atoms with Crippen LogP contribution >= 0.6 is 0 Å². The summed E-state index contributed by atoms with van der Waals surface area (Å²) >= 11 is 0. The molecule has 0 spiro atoms. The van der Waals surface area contributed by atoms with Crippen molar-refractivity contribution in [2.75, 3.05) is 6.54 Å². The summed E-state index contributed by atoms with van der Waals surface area (Å²) in [5.74, 6) is -1.11. The first-order valence-corrected chi connectivity index (χ1v) is 8.28. The fourth-order valence-electron chi connectivity index (χ4n) is 4.74.